The maximum absolute atomic E-state index is 11.7. The summed E-state index contributed by atoms with van der Waals surface area (Å²) in [6, 6.07) is 15.0. The lowest BCUT2D eigenvalue weighted by Crippen LogP contribution is -2.32. The van der Waals surface area contributed by atoms with Crippen LogP contribution in [0.4, 0.5) is 0 Å². The van der Waals surface area contributed by atoms with Gasteiger partial charge in [-0.1, -0.05) is 43.0 Å². The molecule has 0 radical (unpaired) electrons. The summed E-state index contributed by atoms with van der Waals surface area (Å²) in [5, 5.41) is 16.6. The first-order valence-electron chi connectivity index (χ1n) is 11.2. The van der Waals surface area contributed by atoms with E-state index in [2.05, 4.69) is 51.8 Å². The van der Waals surface area contributed by atoms with Crippen LogP contribution in [0.15, 0.2) is 83.1 Å². The molecule has 10 heteroatoms. The molecule has 6 N–H and O–H groups in total. The molecule has 0 saturated carbocycles. The second-order valence-electron chi connectivity index (χ2n) is 8.36. The predicted octanol–water partition coefficient (Wildman–Crippen LogP) is 2.18. The van der Waals surface area contributed by atoms with E-state index in [-0.39, 0.29) is 10.9 Å². The normalized spacial score (nSPS) is 15.1. The molecule has 9 nitrogen and oxygen atoms in total. The Hall–Kier alpha value is -3.89. The maximum atomic E-state index is 11.7. The zero-order valence-corrected chi connectivity index (χ0v) is 20.3. The van der Waals surface area contributed by atoms with Crippen molar-refractivity contribution in [2.24, 2.45) is 10.7 Å². The lowest BCUT2D eigenvalue weighted by molar-refractivity contribution is 0.602. The summed E-state index contributed by atoms with van der Waals surface area (Å²) < 4.78 is 23.4. The molecule has 0 amide bonds. The maximum Gasteiger partial charge on any atom is 0.212 e. The molecular weight excluding hydrogens is 462 g/mol. The van der Waals surface area contributed by atoms with Crippen molar-refractivity contribution in [3.05, 3.63) is 89.9 Å². The van der Waals surface area contributed by atoms with Gasteiger partial charge in [-0.2, -0.15) is 0 Å². The molecule has 4 rings (SSSR count). The van der Waals surface area contributed by atoms with Crippen LogP contribution in [-0.4, -0.2) is 44.6 Å². The third kappa shape index (κ3) is 5.97. The standard InChI is InChI=1S/C25H29N7O2S/c1-17-22(19-6-4-18(5-7-19)14-28-12-3-13-29-24(26)27)15-32-16-23(31-25(32)30-17)20-8-10-21(11-9-20)35(2,33)34/h4-11,15-16,28H,1,3,12-14H2,2H3,(H,30,31)(H4,26,27,29). The number of hydrogen-bond donors (Lipinski definition) is 5. The number of rotatable bonds is 9. The van der Waals surface area contributed by atoms with Crippen molar-refractivity contribution in [1.82, 2.24) is 20.9 Å². The van der Waals surface area contributed by atoms with Gasteiger partial charge in [-0.15, -0.1) is 0 Å². The van der Waals surface area contributed by atoms with Crippen LogP contribution in [0.5, 0.6) is 0 Å². The third-order valence-electron chi connectivity index (χ3n) is 5.61. The summed E-state index contributed by atoms with van der Waals surface area (Å²) in [7, 11) is -3.24. The Bertz CT molecular complexity index is 1320. The molecule has 0 aliphatic carbocycles. The second-order valence-corrected chi connectivity index (χ2v) is 10.4. The molecule has 2 aliphatic rings. The number of sulfone groups is 1. The molecule has 35 heavy (non-hydrogen) atoms. The van der Waals surface area contributed by atoms with E-state index in [0.717, 1.165) is 41.9 Å². The van der Waals surface area contributed by atoms with Gasteiger partial charge >= 0.3 is 0 Å². The molecule has 0 bridgehead atoms. The van der Waals surface area contributed by atoms with Gasteiger partial charge < -0.3 is 21.7 Å². The number of nitrogens with zero attached hydrogens (tertiary/aromatic N) is 2. The average Bonchev–Trinajstić information content (AvgIpc) is 3.23. The van der Waals surface area contributed by atoms with E-state index in [4.69, 9.17) is 11.1 Å². The molecule has 182 valence electrons. The first kappa shape index (κ1) is 24.2. The van der Waals surface area contributed by atoms with Crippen molar-refractivity contribution >= 4 is 33.0 Å². The van der Waals surface area contributed by atoms with Crippen LogP contribution in [0.25, 0.3) is 11.3 Å². The van der Waals surface area contributed by atoms with E-state index in [1.54, 1.807) is 24.3 Å². The van der Waals surface area contributed by atoms with Crippen molar-refractivity contribution in [3.8, 4) is 0 Å². The number of hydrogen-bond acceptors (Lipinski definition) is 7. The molecule has 0 saturated heterocycles. The van der Waals surface area contributed by atoms with Crippen LogP contribution in [0.2, 0.25) is 0 Å². The minimum Gasteiger partial charge on any atom is -0.370 e. The van der Waals surface area contributed by atoms with Gasteiger partial charge in [0.25, 0.3) is 0 Å². The number of fused-ring (bicyclic) bond motifs is 1. The lowest BCUT2D eigenvalue weighted by Gasteiger charge is -2.21. The van der Waals surface area contributed by atoms with Crippen LogP contribution in [0.1, 0.15) is 23.1 Å². The monoisotopic (exact) mass is 491 g/mol. The first-order valence-corrected chi connectivity index (χ1v) is 13.1. The van der Waals surface area contributed by atoms with E-state index in [1.165, 1.54) is 11.8 Å². The van der Waals surface area contributed by atoms with Crippen LogP contribution < -0.4 is 21.7 Å². The van der Waals surface area contributed by atoms with E-state index in [1.807, 2.05) is 17.3 Å². The molecule has 0 spiro atoms. The first-order chi connectivity index (χ1) is 16.7. The molecule has 2 aromatic carbocycles. The van der Waals surface area contributed by atoms with E-state index < -0.39 is 9.84 Å². The summed E-state index contributed by atoms with van der Waals surface area (Å²) in [6.45, 7) is 6.38. The highest BCUT2D eigenvalue weighted by Crippen LogP contribution is 2.31. The number of benzene rings is 2. The predicted molar refractivity (Wildman–Crippen MR) is 140 cm³/mol. The summed E-state index contributed by atoms with van der Waals surface area (Å²) in [5.74, 6) is 0.649. The molecule has 2 heterocycles. The van der Waals surface area contributed by atoms with Gasteiger partial charge in [0.15, 0.2) is 15.8 Å². The number of aliphatic imine (C=N–C) groups is 1. The van der Waals surface area contributed by atoms with Gasteiger partial charge in [0, 0.05) is 37.3 Å². The summed E-state index contributed by atoms with van der Waals surface area (Å²) in [6.07, 6.45) is 6.00. The molecule has 2 aliphatic heterocycles. The highest BCUT2D eigenvalue weighted by atomic mass is 32.2. The Kier molecular flexibility index (Phi) is 7.04. The molecule has 2 aromatic rings. The van der Waals surface area contributed by atoms with Gasteiger partial charge in [-0.25, -0.2) is 13.4 Å². The SMILES string of the molecule is C=C1N=C2NC(c3ccc(S(C)(=O)=O)cc3)=CN2C=C1c1ccc(CNCCCNC(=N)N)cc1. The second kappa shape index (κ2) is 10.2. The summed E-state index contributed by atoms with van der Waals surface area (Å²) >= 11 is 0. The molecule has 0 atom stereocenters. The van der Waals surface area contributed by atoms with Crippen LogP contribution in [-0.2, 0) is 16.4 Å². The smallest absolute Gasteiger partial charge is 0.212 e. The molecule has 0 aromatic heterocycles. The number of guanidine groups is 2. The van der Waals surface area contributed by atoms with Crippen molar-refractivity contribution in [2.75, 3.05) is 19.3 Å². The fraction of sp³-hybridized carbons (Fsp3) is 0.200. The zero-order chi connectivity index (χ0) is 25.0. The van der Waals surface area contributed by atoms with Crippen LogP contribution in [0, 0.1) is 5.41 Å². The highest BCUT2D eigenvalue weighted by Gasteiger charge is 2.24. The summed E-state index contributed by atoms with van der Waals surface area (Å²) in [4.78, 5) is 6.82. The Morgan fingerprint density at radius 2 is 1.77 bits per heavy atom. The third-order valence-corrected chi connectivity index (χ3v) is 6.74. The number of nitrogens with one attached hydrogen (secondary N) is 4. The zero-order valence-electron chi connectivity index (χ0n) is 19.5. The largest absolute Gasteiger partial charge is 0.370 e. The Labute approximate surface area is 205 Å². The van der Waals surface area contributed by atoms with Crippen molar-refractivity contribution < 1.29 is 8.42 Å². The minimum absolute atomic E-state index is 0.00432. The summed E-state index contributed by atoms with van der Waals surface area (Å²) in [5.41, 5.74) is 10.7. The Morgan fingerprint density at radius 3 is 2.43 bits per heavy atom. The minimum atomic E-state index is -3.24. The quantitative estimate of drug-likeness (QED) is 0.206. The van der Waals surface area contributed by atoms with E-state index >= 15 is 0 Å². The van der Waals surface area contributed by atoms with Crippen LogP contribution >= 0.6 is 0 Å². The molecule has 0 fully saturated rings. The topological polar surface area (TPSA) is 136 Å². The van der Waals surface area contributed by atoms with Gasteiger partial charge in [0.05, 0.1) is 16.3 Å². The fourth-order valence-electron chi connectivity index (χ4n) is 3.74. The van der Waals surface area contributed by atoms with Gasteiger partial charge in [0.2, 0.25) is 5.96 Å². The molecule has 0 unspecified atom stereocenters. The Balaban J connectivity index is 1.40. The Morgan fingerprint density at radius 1 is 1.09 bits per heavy atom. The van der Waals surface area contributed by atoms with Gasteiger partial charge in [-0.3, -0.25) is 10.3 Å². The van der Waals surface area contributed by atoms with Crippen molar-refractivity contribution in [2.45, 2.75) is 17.9 Å². The fourth-order valence-corrected chi connectivity index (χ4v) is 4.37. The number of nitrogens with two attached hydrogens (primary N) is 1. The van der Waals surface area contributed by atoms with Gasteiger partial charge in [-0.05, 0) is 41.8 Å². The van der Waals surface area contributed by atoms with Crippen molar-refractivity contribution in [1.29, 1.82) is 5.41 Å². The van der Waals surface area contributed by atoms with E-state index in [9.17, 15) is 8.42 Å². The van der Waals surface area contributed by atoms with Crippen LogP contribution in [0.3, 0.4) is 0 Å². The number of allylic oxidation sites excluding steroid dienone is 1. The highest BCUT2D eigenvalue weighted by molar-refractivity contribution is 7.90. The average molecular weight is 492 g/mol. The lowest BCUT2D eigenvalue weighted by atomic mass is 10.0. The van der Waals surface area contributed by atoms with E-state index in [0.29, 0.717) is 18.2 Å². The van der Waals surface area contributed by atoms with Crippen molar-refractivity contribution in [3.63, 3.8) is 0 Å². The van der Waals surface area contributed by atoms with Gasteiger partial charge in [0.1, 0.15) is 0 Å². The molecular formula is C25H29N7O2S.